The molecule has 0 saturated carbocycles. The van der Waals surface area contributed by atoms with E-state index in [2.05, 4.69) is 26.1 Å². The molecule has 2 unspecified atom stereocenters. The van der Waals surface area contributed by atoms with Gasteiger partial charge in [0.25, 0.3) is 0 Å². The maximum atomic E-state index is 11.6. The van der Waals surface area contributed by atoms with Gasteiger partial charge in [0.1, 0.15) is 0 Å². The molecule has 0 fully saturated rings. The fraction of sp³-hybridized carbons (Fsp3) is 0.917. The zero-order valence-corrected chi connectivity index (χ0v) is 11.2. The van der Waals surface area contributed by atoms with Crippen LogP contribution in [0.2, 0.25) is 0 Å². The van der Waals surface area contributed by atoms with Gasteiger partial charge in [-0.1, -0.05) is 20.8 Å². The van der Waals surface area contributed by atoms with E-state index in [0.717, 1.165) is 6.42 Å². The zero-order valence-electron chi connectivity index (χ0n) is 11.2. The Labute approximate surface area is 98.9 Å². The summed E-state index contributed by atoms with van der Waals surface area (Å²) in [4.78, 5) is 11.6. The van der Waals surface area contributed by atoms with E-state index in [1.54, 1.807) is 7.11 Å². The fourth-order valence-corrected chi connectivity index (χ4v) is 1.72. The van der Waals surface area contributed by atoms with Gasteiger partial charge >= 0.3 is 0 Å². The van der Waals surface area contributed by atoms with E-state index in [-0.39, 0.29) is 23.4 Å². The Morgan fingerprint density at radius 1 is 1.44 bits per heavy atom. The van der Waals surface area contributed by atoms with Crippen LogP contribution in [0.15, 0.2) is 0 Å². The van der Waals surface area contributed by atoms with Crippen molar-refractivity contribution in [3.05, 3.63) is 0 Å². The van der Waals surface area contributed by atoms with Crippen molar-refractivity contribution in [2.24, 2.45) is 11.1 Å². The number of nitrogens with two attached hydrogens (primary N) is 1. The summed E-state index contributed by atoms with van der Waals surface area (Å²) in [7, 11) is 1.62. The Balaban J connectivity index is 3.87. The molecule has 1 amide bonds. The fourth-order valence-electron chi connectivity index (χ4n) is 1.72. The molecule has 0 rings (SSSR count). The van der Waals surface area contributed by atoms with Crippen molar-refractivity contribution in [3.8, 4) is 0 Å². The predicted octanol–water partition coefficient (Wildman–Crippen LogP) is 1.29. The maximum absolute atomic E-state index is 11.6. The molecule has 3 N–H and O–H groups in total. The molecular weight excluding hydrogens is 204 g/mol. The van der Waals surface area contributed by atoms with Crippen LogP contribution in [0.1, 0.15) is 40.5 Å². The van der Waals surface area contributed by atoms with Gasteiger partial charge in [-0.15, -0.1) is 0 Å². The molecule has 0 aromatic rings. The maximum Gasteiger partial charge on any atom is 0.221 e. The number of rotatable bonds is 6. The van der Waals surface area contributed by atoms with Crippen LogP contribution in [0.25, 0.3) is 0 Å². The third-order valence-corrected chi connectivity index (χ3v) is 2.15. The summed E-state index contributed by atoms with van der Waals surface area (Å²) in [5, 5.41) is 2.85. The molecule has 0 spiro atoms. The van der Waals surface area contributed by atoms with E-state index < -0.39 is 0 Å². The van der Waals surface area contributed by atoms with Crippen LogP contribution in [0.3, 0.4) is 0 Å². The van der Waals surface area contributed by atoms with Crippen molar-refractivity contribution in [1.29, 1.82) is 0 Å². The smallest absolute Gasteiger partial charge is 0.221 e. The van der Waals surface area contributed by atoms with E-state index in [9.17, 15) is 4.79 Å². The van der Waals surface area contributed by atoms with Crippen LogP contribution in [0.5, 0.6) is 0 Å². The first-order valence-electron chi connectivity index (χ1n) is 5.78. The van der Waals surface area contributed by atoms with E-state index in [1.807, 2.05) is 6.92 Å². The lowest BCUT2D eigenvalue weighted by Gasteiger charge is -2.23. The minimum atomic E-state index is -0.0743. The van der Waals surface area contributed by atoms with Gasteiger partial charge in [0.15, 0.2) is 0 Å². The van der Waals surface area contributed by atoms with Crippen molar-refractivity contribution in [2.45, 2.75) is 52.6 Å². The molecule has 4 nitrogen and oxygen atoms in total. The average molecular weight is 230 g/mol. The number of ether oxygens (including phenoxy) is 1. The summed E-state index contributed by atoms with van der Waals surface area (Å²) in [5.41, 5.74) is 6.08. The molecule has 0 aromatic heterocycles. The summed E-state index contributed by atoms with van der Waals surface area (Å²) in [6, 6.07) is -0.0333. The molecule has 0 aliphatic carbocycles. The second-order valence-electron chi connectivity index (χ2n) is 5.65. The quantitative estimate of drug-likeness (QED) is 0.722. The van der Waals surface area contributed by atoms with Crippen LogP contribution in [0.4, 0.5) is 0 Å². The van der Waals surface area contributed by atoms with Crippen LogP contribution in [-0.2, 0) is 9.53 Å². The SMILES string of the molecule is COCC(C)NC(=O)CC(N)CC(C)(C)C. The first-order valence-corrected chi connectivity index (χ1v) is 5.78. The Bertz CT molecular complexity index is 212. The van der Waals surface area contributed by atoms with Gasteiger partial charge < -0.3 is 15.8 Å². The van der Waals surface area contributed by atoms with Crippen LogP contribution in [0, 0.1) is 5.41 Å². The molecule has 96 valence electrons. The van der Waals surface area contributed by atoms with Gasteiger partial charge in [-0.3, -0.25) is 4.79 Å². The van der Waals surface area contributed by atoms with Crippen molar-refractivity contribution >= 4 is 5.91 Å². The lowest BCUT2D eigenvalue weighted by atomic mass is 9.87. The summed E-state index contributed by atoms with van der Waals surface area (Å²) in [5.74, 6) is 0.00120. The molecule has 0 heterocycles. The number of hydrogen-bond donors (Lipinski definition) is 2. The largest absolute Gasteiger partial charge is 0.383 e. The van der Waals surface area contributed by atoms with Crippen LogP contribution < -0.4 is 11.1 Å². The van der Waals surface area contributed by atoms with Crippen molar-refractivity contribution in [2.75, 3.05) is 13.7 Å². The topological polar surface area (TPSA) is 64.3 Å². The molecule has 2 atom stereocenters. The molecule has 0 saturated heterocycles. The van der Waals surface area contributed by atoms with E-state index in [0.29, 0.717) is 13.0 Å². The van der Waals surface area contributed by atoms with Gasteiger partial charge in [0.2, 0.25) is 5.91 Å². The number of carbonyl (C=O) groups is 1. The van der Waals surface area contributed by atoms with Crippen LogP contribution in [-0.4, -0.2) is 31.7 Å². The molecule has 0 aliphatic rings. The van der Waals surface area contributed by atoms with E-state index in [1.165, 1.54) is 0 Å². The predicted molar refractivity (Wildman–Crippen MR) is 66.1 cm³/mol. The Kier molecular flexibility index (Phi) is 6.60. The highest BCUT2D eigenvalue weighted by Crippen LogP contribution is 2.20. The third kappa shape index (κ3) is 8.68. The van der Waals surface area contributed by atoms with Gasteiger partial charge in [0.05, 0.1) is 6.61 Å². The minimum absolute atomic E-state index is 0.00120. The van der Waals surface area contributed by atoms with Crippen molar-refractivity contribution < 1.29 is 9.53 Å². The summed E-state index contributed by atoms with van der Waals surface area (Å²) >= 11 is 0. The molecule has 0 radical (unpaired) electrons. The first kappa shape index (κ1) is 15.4. The normalized spacial score (nSPS) is 15.6. The lowest BCUT2D eigenvalue weighted by Crippen LogP contribution is -2.39. The van der Waals surface area contributed by atoms with Gasteiger partial charge in [0, 0.05) is 25.6 Å². The molecular formula is C12H26N2O2. The Morgan fingerprint density at radius 2 is 2.00 bits per heavy atom. The number of methoxy groups -OCH3 is 1. The number of carbonyl (C=O) groups excluding carboxylic acids is 1. The standard InChI is InChI=1S/C12H26N2O2/c1-9(8-16-5)14-11(15)6-10(13)7-12(2,3)4/h9-10H,6-8,13H2,1-5H3,(H,14,15). The minimum Gasteiger partial charge on any atom is -0.383 e. The lowest BCUT2D eigenvalue weighted by molar-refractivity contribution is -0.122. The van der Waals surface area contributed by atoms with Crippen molar-refractivity contribution in [3.63, 3.8) is 0 Å². The average Bonchev–Trinajstić information content (AvgIpc) is 1.98. The number of amides is 1. The highest BCUT2D eigenvalue weighted by atomic mass is 16.5. The summed E-state index contributed by atoms with van der Waals surface area (Å²) in [6.45, 7) is 8.81. The van der Waals surface area contributed by atoms with E-state index >= 15 is 0 Å². The summed E-state index contributed by atoms with van der Waals surface area (Å²) < 4.78 is 4.94. The number of nitrogens with one attached hydrogen (secondary N) is 1. The number of hydrogen-bond acceptors (Lipinski definition) is 3. The zero-order chi connectivity index (χ0) is 12.8. The second kappa shape index (κ2) is 6.86. The molecule has 4 heteroatoms. The van der Waals surface area contributed by atoms with Crippen LogP contribution >= 0.6 is 0 Å². The monoisotopic (exact) mass is 230 g/mol. The molecule has 0 aromatic carbocycles. The highest BCUT2D eigenvalue weighted by molar-refractivity contribution is 5.76. The highest BCUT2D eigenvalue weighted by Gasteiger charge is 2.18. The Morgan fingerprint density at radius 3 is 2.44 bits per heavy atom. The second-order valence-corrected chi connectivity index (χ2v) is 5.65. The first-order chi connectivity index (χ1) is 7.24. The van der Waals surface area contributed by atoms with Crippen molar-refractivity contribution in [1.82, 2.24) is 5.32 Å². The summed E-state index contributed by atoms with van der Waals surface area (Å²) in [6.07, 6.45) is 1.23. The molecule has 0 aliphatic heterocycles. The molecule has 16 heavy (non-hydrogen) atoms. The van der Waals surface area contributed by atoms with E-state index in [4.69, 9.17) is 10.5 Å². The van der Waals surface area contributed by atoms with Gasteiger partial charge in [-0.2, -0.15) is 0 Å². The Hall–Kier alpha value is -0.610. The third-order valence-electron chi connectivity index (χ3n) is 2.15. The molecule has 0 bridgehead atoms. The van der Waals surface area contributed by atoms with Gasteiger partial charge in [-0.25, -0.2) is 0 Å². The van der Waals surface area contributed by atoms with Gasteiger partial charge in [-0.05, 0) is 18.8 Å².